The van der Waals surface area contributed by atoms with Gasteiger partial charge in [-0.25, -0.2) is 0 Å². The molecule has 2 nitrogen and oxygen atoms in total. The van der Waals surface area contributed by atoms with E-state index >= 15 is 0 Å². The molecule has 3 atom stereocenters. The van der Waals surface area contributed by atoms with Crippen molar-refractivity contribution in [2.75, 3.05) is 26.2 Å². The van der Waals surface area contributed by atoms with Crippen molar-refractivity contribution < 1.29 is 0 Å². The lowest BCUT2D eigenvalue weighted by Crippen LogP contribution is -2.24. The highest BCUT2D eigenvalue weighted by Crippen LogP contribution is 2.29. The van der Waals surface area contributed by atoms with E-state index in [0.29, 0.717) is 0 Å². The van der Waals surface area contributed by atoms with E-state index in [2.05, 4.69) is 24.1 Å². The molecule has 0 bridgehead atoms. The summed E-state index contributed by atoms with van der Waals surface area (Å²) in [7, 11) is 0. The van der Waals surface area contributed by atoms with Crippen molar-refractivity contribution in [2.45, 2.75) is 32.7 Å². The Hall–Kier alpha value is -0.0800. The summed E-state index contributed by atoms with van der Waals surface area (Å²) in [6.07, 6.45) is 2.84. The van der Waals surface area contributed by atoms with Gasteiger partial charge < -0.3 is 10.2 Å². The van der Waals surface area contributed by atoms with Crippen LogP contribution < -0.4 is 5.32 Å². The molecule has 0 aliphatic carbocycles. The third kappa shape index (κ3) is 2.05. The molecule has 2 fully saturated rings. The van der Waals surface area contributed by atoms with Gasteiger partial charge in [0.1, 0.15) is 0 Å². The highest BCUT2D eigenvalue weighted by molar-refractivity contribution is 4.87. The quantitative estimate of drug-likeness (QED) is 0.693. The predicted octanol–water partition coefficient (Wildman–Crippen LogP) is 1.33. The normalized spacial score (nSPS) is 41.5. The van der Waals surface area contributed by atoms with Crippen LogP contribution in [0.5, 0.6) is 0 Å². The maximum Gasteiger partial charge on any atom is 0.00420 e. The molecule has 1 N–H and O–H groups in total. The fourth-order valence-corrected chi connectivity index (χ4v) is 2.87. The van der Waals surface area contributed by atoms with Gasteiger partial charge in [0.2, 0.25) is 0 Å². The van der Waals surface area contributed by atoms with E-state index in [4.69, 9.17) is 0 Å². The largest absolute Gasteiger partial charge is 0.314 e. The Labute approximate surface area is 81.7 Å². The van der Waals surface area contributed by atoms with Crippen molar-refractivity contribution in [3.8, 4) is 0 Å². The molecule has 0 spiro atoms. The van der Waals surface area contributed by atoms with E-state index in [1.54, 1.807) is 0 Å². The van der Waals surface area contributed by atoms with Crippen molar-refractivity contribution >= 4 is 0 Å². The molecule has 0 radical (unpaired) electrons. The van der Waals surface area contributed by atoms with Crippen LogP contribution in [0.2, 0.25) is 0 Å². The molecule has 0 aromatic carbocycles. The summed E-state index contributed by atoms with van der Waals surface area (Å²) < 4.78 is 0. The molecule has 0 aromatic heterocycles. The smallest absolute Gasteiger partial charge is 0.00420 e. The third-order valence-corrected chi connectivity index (χ3v) is 3.81. The zero-order valence-corrected chi connectivity index (χ0v) is 8.92. The van der Waals surface area contributed by atoms with Gasteiger partial charge in [0.25, 0.3) is 0 Å². The molecule has 3 unspecified atom stereocenters. The Morgan fingerprint density at radius 1 is 1.38 bits per heavy atom. The molecule has 76 valence electrons. The zero-order valence-electron chi connectivity index (χ0n) is 8.92. The van der Waals surface area contributed by atoms with Gasteiger partial charge in [-0.1, -0.05) is 6.92 Å². The molecule has 2 heteroatoms. The summed E-state index contributed by atoms with van der Waals surface area (Å²) in [6.45, 7) is 9.79. The fraction of sp³-hybridized carbons (Fsp3) is 1.00. The Morgan fingerprint density at radius 3 is 2.77 bits per heavy atom. The summed E-state index contributed by atoms with van der Waals surface area (Å²) in [5.41, 5.74) is 0. The van der Waals surface area contributed by atoms with Gasteiger partial charge >= 0.3 is 0 Å². The van der Waals surface area contributed by atoms with E-state index in [1.165, 1.54) is 39.0 Å². The number of rotatable bonds is 2. The van der Waals surface area contributed by atoms with Crippen LogP contribution >= 0.6 is 0 Å². The maximum absolute atomic E-state index is 3.56. The van der Waals surface area contributed by atoms with Gasteiger partial charge in [0.05, 0.1) is 0 Å². The van der Waals surface area contributed by atoms with Gasteiger partial charge in [0, 0.05) is 12.6 Å². The van der Waals surface area contributed by atoms with Gasteiger partial charge in [-0.3, -0.25) is 0 Å². The molecule has 2 aliphatic rings. The number of hydrogen-bond donors (Lipinski definition) is 1. The van der Waals surface area contributed by atoms with Crippen LogP contribution in [0.15, 0.2) is 0 Å². The highest BCUT2D eigenvalue weighted by Gasteiger charge is 2.32. The first-order chi connectivity index (χ1) is 6.29. The average molecular weight is 182 g/mol. The van der Waals surface area contributed by atoms with Crippen LogP contribution in [0.3, 0.4) is 0 Å². The van der Waals surface area contributed by atoms with Crippen LogP contribution in [0.1, 0.15) is 26.7 Å². The van der Waals surface area contributed by atoms with E-state index in [-0.39, 0.29) is 0 Å². The lowest BCUT2D eigenvalue weighted by Gasteiger charge is -2.18. The van der Waals surface area contributed by atoms with Crippen LogP contribution in [-0.4, -0.2) is 37.1 Å². The summed E-state index contributed by atoms with van der Waals surface area (Å²) in [6, 6.07) is 0.765. The minimum atomic E-state index is 0.765. The molecular weight excluding hydrogens is 160 g/mol. The number of likely N-dealkylation sites (tertiary alicyclic amines) is 1. The molecule has 2 saturated heterocycles. The van der Waals surface area contributed by atoms with E-state index in [1.807, 2.05) is 0 Å². The zero-order chi connectivity index (χ0) is 9.26. The Morgan fingerprint density at radius 2 is 2.23 bits per heavy atom. The molecule has 2 aliphatic heterocycles. The lowest BCUT2D eigenvalue weighted by atomic mass is 9.90. The lowest BCUT2D eigenvalue weighted by molar-refractivity contribution is 0.305. The van der Waals surface area contributed by atoms with Crippen LogP contribution in [0.4, 0.5) is 0 Å². The molecular formula is C11H22N2. The second-order valence-electron chi connectivity index (χ2n) is 4.75. The number of hydrogen-bond acceptors (Lipinski definition) is 2. The van der Waals surface area contributed by atoms with Gasteiger partial charge in [0.15, 0.2) is 0 Å². The monoisotopic (exact) mass is 182 g/mol. The molecule has 0 aromatic rings. The Kier molecular flexibility index (Phi) is 2.89. The third-order valence-electron chi connectivity index (χ3n) is 3.81. The summed E-state index contributed by atoms with van der Waals surface area (Å²) in [4.78, 5) is 2.59. The number of nitrogens with one attached hydrogen (secondary N) is 1. The Bertz CT molecular complexity index is 169. The first kappa shape index (κ1) is 9.47. The van der Waals surface area contributed by atoms with Crippen LogP contribution in [0, 0.1) is 11.8 Å². The van der Waals surface area contributed by atoms with Gasteiger partial charge in [-0.05, 0) is 51.2 Å². The van der Waals surface area contributed by atoms with E-state index < -0.39 is 0 Å². The molecule has 0 saturated carbocycles. The standard InChI is InChI=1S/C11H22N2/c1-3-13-5-4-10(8-13)11-6-9(2)12-7-11/h9-12H,3-8H2,1-2H3. The SMILES string of the molecule is CCN1CCC(C2CNC(C)C2)C1. The van der Waals surface area contributed by atoms with Crippen molar-refractivity contribution in [3.63, 3.8) is 0 Å². The van der Waals surface area contributed by atoms with E-state index in [0.717, 1.165) is 17.9 Å². The summed E-state index contributed by atoms with van der Waals surface area (Å²) in [5.74, 6) is 1.95. The van der Waals surface area contributed by atoms with Crippen molar-refractivity contribution in [3.05, 3.63) is 0 Å². The predicted molar refractivity (Wildman–Crippen MR) is 55.8 cm³/mol. The first-order valence-electron chi connectivity index (χ1n) is 5.75. The minimum absolute atomic E-state index is 0.765. The number of nitrogens with zero attached hydrogens (tertiary/aromatic N) is 1. The van der Waals surface area contributed by atoms with E-state index in [9.17, 15) is 0 Å². The van der Waals surface area contributed by atoms with Gasteiger partial charge in [-0.15, -0.1) is 0 Å². The van der Waals surface area contributed by atoms with Crippen molar-refractivity contribution in [2.24, 2.45) is 11.8 Å². The average Bonchev–Trinajstić information content (AvgIpc) is 2.71. The van der Waals surface area contributed by atoms with Gasteiger partial charge in [-0.2, -0.15) is 0 Å². The summed E-state index contributed by atoms with van der Waals surface area (Å²) in [5, 5.41) is 3.56. The minimum Gasteiger partial charge on any atom is -0.314 e. The first-order valence-corrected chi connectivity index (χ1v) is 5.75. The maximum atomic E-state index is 3.56. The second kappa shape index (κ2) is 3.97. The fourth-order valence-electron chi connectivity index (χ4n) is 2.87. The van der Waals surface area contributed by atoms with Crippen LogP contribution in [-0.2, 0) is 0 Å². The van der Waals surface area contributed by atoms with Crippen molar-refractivity contribution in [1.82, 2.24) is 10.2 Å². The topological polar surface area (TPSA) is 15.3 Å². The van der Waals surface area contributed by atoms with Crippen LogP contribution in [0.25, 0.3) is 0 Å². The second-order valence-corrected chi connectivity index (χ2v) is 4.75. The molecule has 0 amide bonds. The molecule has 2 rings (SSSR count). The summed E-state index contributed by atoms with van der Waals surface area (Å²) >= 11 is 0. The molecule has 13 heavy (non-hydrogen) atoms. The van der Waals surface area contributed by atoms with Crippen molar-refractivity contribution in [1.29, 1.82) is 0 Å². The highest BCUT2D eigenvalue weighted by atomic mass is 15.1. The Balaban J connectivity index is 1.82. The molecule has 2 heterocycles.